The Bertz CT molecular complexity index is 608. The van der Waals surface area contributed by atoms with Crippen LogP contribution in [0.3, 0.4) is 0 Å². The van der Waals surface area contributed by atoms with Crippen LogP contribution in [0.1, 0.15) is 18.8 Å². The lowest BCUT2D eigenvalue weighted by molar-refractivity contribution is -0.384. The van der Waals surface area contributed by atoms with Crippen LogP contribution in [0.25, 0.3) is 11.4 Å². The zero-order valence-corrected chi connectivity index (χ0v) is 10.5. The number of nitrogens with one attached hydrogen (secondary N) is 1. The number of methoxy groups -OCH3 is 1. The standard InChI is InChI=1S/C11H13N5O3/c1-6(12)10-13-11(15-14-10)8-5-7(16(17)18)3-4-9(8)19-2/h3-6H,12H2,1-2H3,(H,13,14,15). The number of benzene rings is 1. The van der Waals surface area contributed by atoms with E-state index in [9.17, 15) is 10.1 Å². The molecule has 3 N–H and O–H groups in total. The van der Waals surface area contributed by atoms with Gasteiger partial charge in [0, 0.05) is 12.1 Å². The van der Waals surface area contributed by atoms with E-state index < -0.39 is 4.92 Å². The predicted molar refractivity (Wildman–Crippen MR) is 67.6 cm³/mol. The summed E-state index contributed by atoms with van der Waals surface area (Å²) in [6.45, 7) is 1.76. The van der Waals surface area contributed by atoms with Gasteiger partial charge in [-0.1, -0.05) is 0 Å². The summed E-state index contributed by atoms with van der Waals surface area (Å²) in [5.74, 6) is 1.28. The van der Waals surface area contributed by atoms with Crippen molar-refractivity contribution in [3.05, 3.63) is 34.1 Å². The molecule has 0 saturated heterocycles. The minimum absolute atomic E-state index is 0.0528. The van der Waals surface area contributed by atoms with Crippen LogP contribution >= 0.6 is 0 Å². The van der Waals surface area contributed by atoms with E-state index in [2.05, 4.69) is 15.2 Å². The summed E-state index contributed by atoms with van der Waals surface area (Å²) in [4.78, 5) is 14.5. The average Bonchev–Trinajstić information content (AvgIpc) is 2.87. The molecule has 0 aliphatic heterocycles. The van der Waals surface area contributed by atoms with Crippen LogP contribution in [0.2, 0.25) is 0 Å². The molecule has 100 valence electrons. The quantitative estimate of drug-likeness (QED) is 0.635. The monoisotopic (exact) mass is 263 g/mol. The third kappa shape index (κ3) is 2.52. The van der Waals surface area contributed by atoms with E-state index in [1.807, 2.05) is 0 Å². The maximum absolute atomic E-state index is 10.8. The van der Waals surface area contributed by atoms with Crippen LogP contribution in [-0.2, 0) is 0 Å². The summed E-state index contributed by atoms with van der Waals surface area (Å²) in [7, 11) is 1.48. The first-order valence-corrected chi connectivity index (χ1v) is 5.53. The lowest BCUT2D eigenvalue weighted by Crippen LogP contribution is -2.06. The van der Waals surface area contributed by atoms with E-state index in [0.29, 0.717) is 23.0 Å². The fourth-order valence-corrected chi connectivity index (χ4v) is 1.58. The Kier molecular flexibility index (Phi) is 3.43. The van der Waals surface area contributed by atoms with Crippen molar-refractivity contribution >= 4 is 5.69 Å². The van der Waals surface area contributed by atoms with Crippen LogP contribution < -0.4 is 10.5 Å². The minimum atomic E-state index is -0.484. The van der Waals surface area contributed by atoms with Crippen LogP contribution in [0.4, 0.5) is 5.69 Å². The highest BCUT2D eigenvalue weighted by atomic mass is 16.6. The highest BCUT2D eigenvalue weighted by Gasteiger charge is 2.17. The highest BCUT2D eigenvalue weighted by Crippen LogP contribution is 2.31. The van der Waals surface area contributed by atoms with Gasteiger partial charge in [-0.05, 0) is 13.0 Å². The van der Waals surface area contributed by atoms with Crippen molar-refractivity contribution in [2.75, 3.05) is 7.11 Å². The summed E-state index contributed by atoms with van der Waals surface area (Å²) in [6, 6.07) is 3.94. The summed E-state index contributed by atoms with van der Waals surface area (Å²) >= 11 is 0. The van der Waals surface area contributed by atoms with Crippen LogP contribution in [-0.4, -0.2) is 27.2 Å². The van der Waals surface area contributed by atoms with Crippen LogP contribution in [0, 0.1) is 10.1 Å². The van der Waals surface area contributed by atoms with Crippen LogP contribution in [0.15, 0.2) is 18.2 Å². The van der Waals surface area contributed by atoms with Gasteiger partial charge in [-0.25, -0.2) is 4.98 Å². The minimum Gasteiger partial charge on any atom is -0.496 e. The maximum atomic E-state index is 10.8. The summed E-state index contributed by atoms with van der Waals surface area (Å²) in [5, 5.41) is 17.5. The number of non-ortho nitro benzene ring substituents is 1. The Morgan fingerprint density at radius 3 is 2.79 bits per heavy atom. The fourth-order valence-electron chi connectivity index (χ4n) is 1.58. The third-order valence-electron chi connectivity index (χ3n) is 2.57. The molecular formula is C11H13N5O3. The molecule has 2 aromatic rings. The molecule has 0 fully saturated rings. The van der Waals surface area contributed by atoms with Gasteiger partial charge in [0.05, 0.1) is 23.6 Å². The van der Waals surface area contributed by atoms with E-state index in [-0.39, 0.29) is 11.7 Å². The lowest BCUT2D eigenvalue weighted by atomic mass is 10.1. The molecule has 0 aliphatic rings. The third-order valence-corrected chi connectivity index (χ3v) is 2.57. The second-order valence-corrected chi connectivity index (χ2v) is 3.97. The number of nitrogens with two attached hydrogens (primary N) is 1. The number of aromatic amines is 1. The maximum Gasteiger partial charge on any atom is 0.270 e. The number of ether oxygens (including phenoxy) is 1. The van der Waals surface area contributed by atoms with E-state index in [4.69, 9.17) is 10.5 Å². The highest BCUT2D eigenvalue weighted by molar-refractivity contribution is 5.67. The topological polar surface area (TPSA) is 120 Å². The van der Waals surface area contributed by atoms with E-state index in [0.717, 1.165) is 0 Å². The van der Waals surface area contributed by atoms with E-state index in [1.165, 1.54) is 25.3 Å². The molecule has 1 aromatic carbocycles. The molecule has 1 aromatic heterocycles. The Morgan fingerprint density at radius 2 is 2.26 bits per heavy atom. The van der Waals surface area contributed by atoms with Crippen molar-refractivity contribution in [1.29, 1.82) is 0 Å². The number of H-pyrrole nitrogens is 1. The molecule has 0 amide bonds. The van der Waals surface area contributed by atoms with Crippen molar-refractivity contribution in [3.8, 4) is 17.1 Å². The predicted octanol–water partition coefficient (Wildman–Crippen LogP) is 1.41. The number of hydrogen-bond donors (Lipinski definition) is 2. The van der Waals surface area contributed by atoms with Gasteiger partial charge in [0.15, 0.2) is 5.82 Å². The van der Waals surface area contributed by atoms with E-state index in [1.54, 1.807) is 6.92 Å². The van der Waals surface area contributed by atoms with Gasteiger partial charge in [-0.3, -0.25) is 15.2 Å². The summed E-state index contributed by atoms with van der Waals surface area (Å²) in [5.41, 5.74) is 6.07. The number of hydrogen-bond acceptors (Lipinski definition) is 6. The Morgan fingerprint density at radius 1 is 1.53 bits per heavy atom. The van der Waals surface area contributed by atoms with Gasteiger partial charge in [0.2, 0.25) is 0 Å². The summed E-state index contributed by atoms with van der Waals surface area (Å²) in [6.07, 6.45) is 0. The smallest absolute Gasteiger partial charge is 0.270 e. The molecule has 1 atom stereocenters. The molecule has 0 aliphatic carbocycles. The first-order valence-electron chi connectivity index (χ1n) is 5.53. The van der Waals surface area contributed by atoms with Gasteiger partial charge >= 0.3 is 0 Å². The molecule has 0 radical (unpaired) electrons. The molecular weight excluding hydrogens is 250 g/mol. The molecule has 1 unspecified atom stereocenters. The Hall–Kier alpha value is -2.48. The van der Waals surface area contributed by atoms with Gasteiger partial charge in [0.1, 0.15) is 11.6 Å². The van der Waals surface area contributed by atoms with Crippen molar-refractivity contribution in [1.82, 2.24) is 15.2 Å². The number of rotatable bonds is 4. The number of nitrogens with zero attached hydrogens (tertiary/aromatic N) is 3. The Labute approximate surface area is 108 Å². The second-order valence-electron chi connectivity index (χ2n) is 3.97. The average molecular weight is 263 g/mol. The summed E-state index contributed by atoms with van der Waals surface area (Å²) < 4.78 is 5.16. The fraction of sp³-hybridized carbons (Fsp3) is 0.273. The largest absolute Gasteiger partial charge is 0.496 e. The van der Waals surface area contributed by atoms with Crippen LogP contribution in [0.5, 0.6) is 5.75 Å². The lowest BCUT2D eigenvalue weighted by Gasteiger charge is -2.04. The van der Waals surface area contributed by atoms with Gasteiger partial charge in [-0.2, -0.15) is 5.10 Å². The van der Waals surface area contributed by atoms with Crippen molar-refractivity contribution < 1.29 is 9.66 Å². The van der Waals surface area contributed by atoms with Gasteiger partial charge in [0.25, 0.3) is 5.69 Å². The molecule has 19 heavy (non-hydrogen) atoms. The molecule has 8 nitrogen and oxygen atoms in total. The molecule has 0 spiro atoms. The molecule has 2 rings (SSSR count). The van der Waals surface area contributed by atoms with Gasteiger partial charge < -0.3 is 10.5 Å². The van der Waals surface area contributed by atoms with Crippen molar-refractivity contribution in [3.63, 3.8) is 0 Å². The first kappa shape index (κ1) is 13.0. The SMILES string of the molecule is COc1ccc([N+](=O)[O-])cc1-c1n[nH]c(C(C)N)n1. The second kappa shape index (κ2) is 5.02. The van der Waals surface area contributed by atoms with Crippen molar-refractivity contribution in [2.45, 2.75) is 13.0 Å². The Balaban J connectivity index is 2.51. The number of nitro benzene ring substituents is 1. The first-order chi connectivity index (χ1) is 9.02. The normalized spacial score (nSPS) is 12.2. The van der Waals surface area contributed by atoms with Gasteiger partial charge in [-0.15, -0.1) is 0 Å². The zero-order chi connectivity index (χ0) is 14.0. The number of nitro groups is 1. The molecule has 0 saturated carbocycles. The zero-order valence-electron chi connectivity index (χ0n) is 10.5. The molecule has 1 heterocycles. The van der Waals surface area contributed by atoms with E-state index >= 15 is 0 Å². The number of aromatic nitrogens is 3. The molecule has 0 bridgehead atoms. The van der Waals surface area contributed by atoms with Crippen molar-refractivity contribution in [2.24, 2.45) is 5.73 Å². The molecule has 8 heteroatoms.